The molecule has 15 heteroatoms. The van der Waals surface area contributed by atoms with E-state index in [-0.39, 0.29) is 18.1 Å². The smallest absolute Gasteiger partial charge is 0.407 e. The number of hydrogen-bond donors (Lipinski definition) is 2. The van der Waals surface area contributed by atoms with Gasteiger partial charge in [0.25, 0.3) is 5.91 Å². The number of alkyl carbamates (subject to hydrolysis) is 1. The van der Waals surface area contributed by atoms with E-state index in [1.54, 1.807) is 53.5 Å². The number of nitrogens with zero attached hydrogens (tertiary/aromatic N) is 7. The summed E-state index contributed by atoms with van der Waals surface area (Å²) in [5, 5.41) is 11.7. The summed E-state index contributed by atoms with van der Waals surface area (Å²) in [5.74, 6) is 0.640. The van der Waals surface area contributed by atoms with E-state index in [1.807, 2.05) is 27.7 Å². The van der Waals surface area contributed by atoms with Crippen LogP contribution in [0.5, 0.6) is 0 Å². The molecule has 268 valence electrons. The maximum Gasteiger partial charge on any atom is 0.407 e. The van der Waals surface area contributed by atoms with Crippen LogP contribution in [0, 0.1) is 5.41 Å². The van der Waals surface area contributed by atoms with E-state index >= 15 is 0 Å². The summed E-state index contributed by atoms with van der Waals surface area (Å²) in [7, 11) is 0. The molecule has 1 aliphatic heterocycles. The number of ether oxygens (including phenoxy) is 1. The lowest BCUT2D eigenvalue weighted by Crippen LogP contribution is -2.48. The SMILES string of the molecule is CC(C)(C)C[C@]1(c2ccc(-c3cnn(C(F)F)c3)cc2)N=C(N)N([C@H](COC(=O)NC2(C)CC2)c2ccc(Cl)c(-n3cnc(C4CC4)n3)c2)C1=O. The highest BCUT2D eigenvalue weighted by Gasteiger charge is 2.53. The Labute approximate surface area is 299 Å². The highest BCUT2D eigenvalue weighted by molar-refractivity contribution is 6.32. The lowest BCUT2D eigenvalue weighted by atomic mass is 9.75. The molecule has 12 nitrogen and oxygen atoms in total. The molecule has 2 aromatic carbocycles. The molecule has 4 aromatic rings. The van der Waals surface area contributed by atoms with Crippen molar-refractivity contribution in [1.82, 2.24) is 34.8 Å². The van der Waals surface area contributed by atoms with Gasteiger partial charge in [-0.3, -0.25) is 9.69 Å². The van der Waals surface area contributed by atoms with Gasteiger partial charge in [-0.25, -0.2) is 24.1 Å². The van der Waals surface area contributed by atoms with Crippen LogP contribution in [-0.4, -0.2) is 59.6 Å². The first-order valence-electron chi connectivity index (χ1n) is 16.9. The number of alkyl halides is 2. The van der Waals surface area contributed by atoms with Gasteiger partial charge < -0.3 is 15.8 Å². The fraction of sp³-hybridized carbons (Fsp3) is 0.444. The predicted octanol–water partition coefficient (Wildman–Crippen LogP) is 6.87. The molecule has 2 amide bonds. The van der Waals surface area contributed by atoms with E-state index in [9.17, 15) is 18.4 Å². The van der Waals surface area contributed by atoms with Gasteiger partial charge in [-0.15, -0.1) is 0 Å². The van der Waals surface area contributed by atoms with E-state index in [4.69, 9.17) is 27.1 Å². The number of rotatable bonds is 11. The van der Waals surface area contributed by atoms with Crippen LogP contribution in [0.4, 0.5) is 13.6 Å². The maximum atomic E-state index is 15.0. The molecule has 3 heterocycles. The van der Waals surface area contributed by atoms with E-state index in [0.717, 1.165) is 31.5 Å². The number of halogens is 3. The third-order valence-corrected chi connectivity index (χ3v) is 9.87. The van der Waals surface area contributed by atoms with Crippen LogP contribution in [-0.2, 0) is 15.1 Å². The molecular weight excluding hydrogens is 680 g/mol. The summed E-state index contributed by atoms with van der Waals surface area (Å²) in [6, 6.07) is 11.4. The summed E-state index contributed by atoms with van der Waals surface area (Å²) in [5.41, 5.74) is 7.40. The van der Waals surface area contributed by atoms with Crippen molar-refractivity contribution in [3.05, 3.63) is 83.2 Å². The number of carbonyl (C=O) groups excluding carboxylic acids is 2. The van der Waals surface area contributed by atoms with Crippen molar-refractivity contribution in [2.24, 2.45) is 16.1 Å². The molecular formula is C36H40ClF2N9O3. The maximum absolute atomic E-state index is 15.0. The Morgan fingerprint density at radius 3 is 2.49 bits per heavy atom. The molecule has 2 fully saturated rings. The minimum atomic E-state index is -2.76. The van der Waals surface area contributed by atoms with Gasteiger partial charge in [0.2, 0.25) is 0 Å². The quantitative estimate of drug-likeness (QED) is 0.172. The molecule has 3 N–H and O–H groups in total. The number of guanidine groups is 1. The number of nitrogens with one attached hydrogen (secondary N) is 1. The second kappa shape index (κ2) is 12.7. The third kappa shape index (κ3) is 7.06. The Morgan fingerprint density at radius 2 is 1.86 bits per heavy atom. The van der Waals surface area contributed by atoms with E-state index in [0.29, 0.717) is 50.0 Å². The van der Waals surface area contributed by atoms with Crippen LogP contribution in [0.3, 0.4) is 0 Å². The van der Waals surface area contributed by atoms with Crippen LogP contribution < -0.4 is 11.1 Å². The average Bonchev–Trinajstić information content (AvgIpc) is 3.89. The van der Waals surface area contributed by atoms with Crippen LogP contribution in [0.25, 0.3) is 16.8 Å². The molecule has 0 saturated heterocycles. The molecule has 7 rings (SSSR count). The molecule has 0 bridgehead atoms. The molecule has 0 spiro atoms. The number of hydrogen-bond acceptors (Lipinski definition) is 8. The molecule has 2 aromatic heterocycles. The number of nitrogens with two attached hydrogens (primary N) is 1. The summed E-state index contributed by atoms with van der Waals surface area (Å²) < 4.78 is 34.4. The fourth-order valence-electron chi connectivity index (χ4n) is 6.51. The molecule has 0 unspecified atom stereocenters. The zero-order valence-electron chi connectivity index (χ0n) is 28.8. The Morgan fingerprint density at radius 1 is 1.14 bits per heavy atom. The van der Waals surface area contributed by atoms with Crippen molar-refractivity contribution in [2.45, 2.75) is 89.4 Å². The zero-order chi connectivity index (χ0) is 36.3. The van der Waals surface area contributed by atoms with Crippen molar-refractivity contribution in [2.75, 3.05) is 6.61 Å². The van der Waals surface area contributed by atoms with Gasteiger partial charge in [0.15, 0.2) is 17.3 Å². The summed E-state index contributed by atoms with van der Waals surface area (Å²) in [6.07, 6.45) is 7.70. The number of amides is 2. The first kappa shape index (κ1) is 34.6. The Kier molecular flexibility index (Phi) is 8.63. The van der Waals surface area contributed by atoms with Crippen molar-refractivity contribution in [3.63, 3.8) is 0 Å². The van der Waals surface area contributed by atoms with Gasteiger partial charge >= 0.3 is 12.6 Å². The first-order chi connectivity index (χ1) is 24.1. The molecule has 2 aliphatic carbocycles. The van der Waals surface area contributed by atoms with Crippen LogP contribution in [0.1, 0.15) is 95.3 Å². The molecule has 2 saturated carbocycles. The van der Waals surface area contributed by atoms with Crippen LogP contribution in [0.2, 0.25) is 5.02 Å². The zero-order valence-corrected chi connectivity index (χ0v) is 29.6. The van der Waals surface area contributed by atoms with Crippen molar-refractivity contribution in [1.29, 1.82) is 0 Å². The van der Waals surface area contributed by atoms with Crippen molar-refractivity contribution >= 4 is 29.6 Å². The van der Waals surface area contributed by atoms with Crippen molar-refractivity contribution < 1.29 is 23.1 Å². The second-order valence-electron chi connectivity index (χ2n) is 15.1. The van der Waals surface area contributed by atoms with Crippen LogP contribution in [0.15, 0.2) is 66.2 Å². The summed E-state index contributed by atoms with van der Waals surface area (Å²) in [4.78, 5) is 38.7. The predicted molar refractivity (Wildman–Crippen MR) is 186 cm³/mol. The number of aliphatic imine (C=N–C) groups is 1. The minimum Gasteiger partial charge on any atom is -0.447 e. The van der Waals surface area contributed by atoms with Gasteiger partial charge in [-0.1, -0.05) is 62.7 Å². The number of aromatic nitrogens is 5. The monoisotopic (exact) mass is 719 g/mol. The first-order valence-corrected chi connectivity index (χ1v) is 17.3. The van der Waals surface area contributed by atoms with E-state index in [1.165, 1.54) is 17.3 Å². The molecule has 2 atom stereocenters. The molecule has 51 heavy (non-hydrogen) atoms. The topological polar surface area (TPSA) is 146 Å². The summed E-state index contributed by atoms with van der Waals surface area (Å²) in [6.45, 7) is 4.97. The normalized spacial score (nSPS) is 20.4. The van der Waals surface area contributed by atoms with Gasteiger partial charge in [-0.2, -0.15) is 19.0 Å². The summed E-state index contributed by atoms with van der Waals surface area (Å²) >= 11 is 6.68. The highest BCUT2D eigenvalue weighted by atomic mass is 35.5. The Bertz CT molecular complexity index is 2000. The lowest BCUT2D eigenvalue weighted by Gasteiger charge is -2.35. The Balaban J connectivity index is 1.25. The highest BCUT2D eigenvalue weighted by Crippen LogP contribution is 2.46. The van der Waals surface area contributed by atoms with Gasteiger partial charge in [-0.05, 0) is 73.3 Å². The number of benzene rings is 2. The third-order valence-electron chi connectivity index (χ3n) is 9.55. The van der Waals surface area contributed by atoms with Gasteiger partial charge in [0.05, 0.1) is 22.9 Å². The second-order valence-corrected chi connectivity index (χ2v) is 15.5. The van der Waals surface area contributed by atoms with Crippen molar-refractivity contribution in [3.8, 4) is 16.8 Å². The Hall–Kier alpha value is -4.85. The minimum absolute atomic E-state index is 0.0389. The van der Waals surface area contributed by atoms with Gasteiger partial charge in [0, 0.05) is 23.2 Å². The number of carbonyl (C=O) groups is 2. The lowest BCUT2D eigenvalue weighted by molar-refractivity contribution is -0.135. The molecule has 3 aliphatic rings. The van der Waals surface area contributed by atoms with E-state index < -0.39 is 35.5 Å². The molecule has 0 radical (unpaired) electrons. The fourth-order valence-corrected chi connectivity index (χ4v) is 6.71. The van der Waals surface area contributed by atoms with Gasteiger partial charge in [0.1, 0.15) is 12.9 Å². The largest absolute Gasteiger partial charge is 0.447 e. The standard InChI is InChI=1S/C36H40ClF2N9O3/c1-34(2,3)19-36(25-10-7-21(8-11-25)24-16-42-46(17-24)31(38)39)30(49)48(32(40)43-36)28(18-51-33(50)44-35(4)13-14-35)23-9-12-26(37)27(15-23)47-20-41-29(45-47)22-5-6-22/h7-12,15-17,20,22,28,31H,5-6,13-14,18-19H2,1-4H3,(H2,40,43)(H,44,50)/t28-,36-/m1/s1. The average molecular weight is 720 g/mol. The van der Waals surface area contributed by atoms with E-state index in [2.05, 4.69) is 20.5 Å². The van der Waals surface area contributed by atoms with Crippen LogP contribution >= 0.6 is 11.6 Å².